The molecule has 1 heterocycles. The average Bonchev–Trinajstić information content (AvgIpc) is 2.55. The molecule has 2 aromatic rings. The number of pyridine rings is 1. The summed E-state index contributed by atoms with van der Waals surface area (Å²) < 4.78 is 5.34. The summed E-state index contributed by atoms with van der Waals surface area (Å²) in [5, 5.41) is 22.7. The van der Waals surface area contributed by atoms with Gasteiger partial charge in [-0.25, -0.2) is 4.79 Å². The van der Waals surface area contributed by atoms with E-state index in [0.29, 0.717) is 16.0 Å². The fourth-order valence-corrected chi connectivity index (χ4v) is 1.73. The van der Waals surface area contributed by atoms with E-state index < -0.39 is 18.0 Å². The third-order valence-corrected chi connectivity index (χ3v) is 2.97. The zero-order chi connectivity index (χ0) is 16.8. The minimum atomic E-state index is -1.08. The van der Waals surface area contributed by atoms with Crippen LogP contribution in [0.4, 0.5) is 5.69 Å². The summed E-state index contributed by atoms with van der Waals surface area (Å²) in [7, 11) is 0. The summed E-state index contributed by atoms with van der Waals surface area (Å²) in [6.07, 6.45) is 0.0799. The van der Waals surface area contributed by atoms with Crippen LogP contribution < -0.4 is 10.0 Å². The van der Waals surface area contributed by atoms with Crippen molar-refractivity contribution >= 4 is 17.6 Å². The maximum absolute atomic E-state index is 12.0. The Balaban J connectivity index is 1.98. The van der Waals surface area contributed by atoms with E-state index in [9.17, 15) is 14.8 Å². The van der Waals surface area contributed by atoms with Gasteiger partial charge in [-0.15, -0.1) is 0 Å². The number of amides is 1. The first-order chi connectivity index (χ1) is 11.0. The number of nitrogens with zero attached hydrogens (tertiary/aromatic N) is 2. The van der Waals surface area contributed by atoms with Crippen LogP contribution in [0.15, 0.2) is 48.7 Å². The first-order valence-corrected chi connectivity index (χ1v) is 6.71. The SMILES string of the molecule is C[C@H](OC(=O)c1cccc[n+]1[O-])C(=O)Nc1ccc(C#N)cc1. The smallest absolute Gasteiger partial charge is 0.405 e. The molecule has 0 aliphatic heterocycles. The highest BCUT2D eigenvalue weighted by molar-refractivity contribution is 5.96. The largest absolute Gasteiger partial charge is 0.618 e. The van der Waals surface area contributed by atoms with Crippen molar-refractivity contribution in [2.24, 2.45) is 0 Å². The van der Waals surface area contributed by atoms with Crippen molar-refractivity contribution in [1.29, 1.82) is 5.26 Å². The van der Waals surface area contributed by atoms with Gasteiger partial charge < -0.3 is 15.3 Å². The number of anilines is 1. The molecule has 7 nitrogen and oxygen atoms in total. The number of carbonyl (C=O) groups is 2. The van der Waals surface area contributed by atoms with Crippen LogP contribution in [0.5, 0.6) is 0 Å². The molecule has 1 atom stereocenters. The van der Waals surface area contributed by atoms with E-state index in [1.165, 1.54) is 25.1 Å². The predicted molar refractivity (Wildman–Crippen MR) is 80.1 cm³/mol. The molecular weight excluding hydrogens is 298 g/mol. The molecule has 7 heteroatoms. The van der Waals surface area contributed by atoms with Gasteiger partial charge in [-0.3, -0.25) is 4.79 Å². The topological polar surface area (TPSA) is 106 Å². The number of nitrogens with one attached hydrogen (secondary N) is 1. The van der Waals surface area contributed by atoms with Gasteiger partial charge in [0.2, 0.25) is 0 Å². The average molecular weight is 311 g/mol. The molecule has 0 fully saturated rings. The molecule has 0 bridgehead atoms. The summed E-state index contributed by atoms with van der Waals surface area (Å²) in [6.45, 7) is 1.40. The minimum Gasteiger partial charge on any atom is -0.618 e. The molecular formula is C16H13N3O4. The maximum Gasteiger partial charge on any atom is 0.405 e. The van der Waals surface area contributed by atoms with Crippen LogP contribution in [0, 0.1) is 16.5 Å². The maximum atomic E-state index is 12.0. The first kappa shape index (κ1) is 16.0. The van der Waals surface area contributed by atoms with Crippen molar-refractivity contribution < 1.29 is 19.1 Å². The number of rotatable bonds is 4. The summed E-state index contributed by atoms with van der Waals surface area (Å²) in [6, 6.07) is 12.5. The van der Waals surface area contributed by atoms with Crippen molar-refractivity contribution in [3.8, 4) is 6.07 Å². The molecule has 0 aliphatic rings. The van der Waals surface area contributed by atoms with Gasteiger partial charge in [0.25, 0.3) is 5.91 Å². The second-order valence-corrected chi connectivity index (χ2v) is 4.64. The molecule has 0 saturated carbocycles. The molecule has 0 saturated heterocycles. The lowest BCUT2D eigenvalue weighted by molar-refractivity contribution is -0.608. The Hall–Kier alpha value is -3.40. The minimum absolute atomic E-state index is 0.203. The predicted octanol–water partition coefficient (Wildman–Crippen LogP) is 1.38. The molecule has 0 spiro atoms. The summed E-state index contributed by atoms with van der Waals surface area (Å²) in [5.74, 6) is -1.43. The Morgan fingerprint density at radius 2 is 1.96 bits per heavy atom. The second-order valence-electron chi connectivity index (χ2n) is 4.64. The van der Waals surface area contributed by atoms with Gasteiger partial charge in [0.15, 0.2) is 12.3 Å². The summed E-state index contributed by atoms with van der Waals surface area (Å²) >= 11 is 0. The van der Waals surface area contributed by atoms with Crippen LogP contribution in [0.1, 0.15) is 23.0 Å². The van der Waals surface area contributed by atoms with Gasteiger partial charge in [0.1, 0.15) is 0 Å². The number of hydrogen-bond donors (Lipinski definition) is 1. The Kier molecular flexibility index (Phi) is 4.89. The Morgan fingerprint density at radius 3 is 2.57 bits per heavy atom. The highest BCUT2D eigenvalue weighted by Crippen LogP contribution is 2.10. The molecule has 0 unspecified atom stereocenters. The molecule has 2 rings (SSSR count). The number of aromatic nitrogens is 1. The Bertz CT molecular complexity index is 766. The molecule has 1 aromatic carbocycles. The van der Waals surface area contributed by atoms with E-state index in [2.05, 4.69) is 5.32 Å². The zero-order valence-electron chi connectivity index (χ0n) is 12.2. The third-order valence-electron chi connectivity index (χ3n) is 2.97. The van der Waals surface area contributed by atoms with Crippen LogP contribution >= 0.6 is 0 Å². The van der Waals surface area contributed by atoms with Crippen molar-refractivity contribution in [2.45, 2.75) is 13.0 Å². The highest BCUT2D eigenvalue weighted by atomic mass is 16.6. The third kappa shape index (κ3) is 4.04. The number of hydrogen-bond acceptors (Lipinski definition) is 5. The van der Waals surface area contributed by atoms with Gasteiger partial charge in [-0.05, 0) is 37.3 Å². The van der Waals surface area contributed by atoms with Gasteiger partial charge in [0, 0.05) is 17.8 Å². The van der Waals surface area contributed by atoms with E-state index in [4.69, 9.17) is 10.00 Å². The van der Waals surface area contributed by atoms with Gasteiger partial charge >= 0.3 is 11.7 Å². The Morgan fingerprint density at radius 1 is 1.26 bits per heavy atom. The number of carbonyl (C=O) groups excluding carboxylic acids is 2. The van der Waals surface area contributed by atoms with E-state index in [1.54, 1.807) is 24.3 Å². The van der Waals surface area contributed by atoms with Crippen molar-refractivity contribution in [2.75, 3.05) is 5.32 Å². The van der Waals surface area contributed by atoms with Crippen LogP contribution in [0.2, 0.25) is 0 Å². The second kappa shape index (κ2) is 7.04. The standard InChI is InChI=1S/C16H13N3O4/c1-11(23-16(21)14-4-2-3-9-19(14)22)15(20)18-13-7-5-12(10-17)6-8-13/h2-9,11H,1H3,(H,18,20)/t11-/m0/s1. The monoisotopic (exact) mass is 311 g/mol. The molecule has 116 valence electrons. The summed E-state index contributed by atoms with van der Waals surface area (Å²) in [4.78, 5) is 23.8. The number of ether oxygens (including phenoxy) is 1. The first-order valence-electron chi connectivity index (χ1n) is 6.71. The fraction of sp³-hybridized carbons (Fsp3) is 0.125. The fourth-order valence-electron chi connectivity index (χ4n) is 1.73. The van der Waals surface area contributed by atoms with Gasteiger partial charge in [-0.2, -0.15) is 9.99 Å². The molecule has 0 aliphatic carbocycles. The van der Waals surface area contributed by atoms with Crippen LogP contribution in [-0.4, -0.2) is 18.0 Å². The van der Waals surface area contributed by atoms with Gasteiger partial charge in [-0.1, -0.05) is 0 Å². The van der Waals surface area contributed by atoms with Crippen molar-refractivity contribution in [3.63, 3.8) is 0 Å². The van der Waals surface area contributed by atoms with E-state index in [-0.39, 0.29) is 5.69 Å². The van der Waals surface area contributed by atoms with Crippen molar-refractivity contribution in [1.82, 2.24) is 0 Å². The number of esters is 1. The van der Waals surface area contributed by atoms with Gasteiger partial charge in [0.05, 0.1) is 11.6 Å². The lowest BCUT2D eigenvalue weighted by Crippen LogP contribution is -2.37. The zero-order valence-corrected chi connectivity index (χ0v) is 12.2. The number of benzene rings is 1. The molecule has 23 heavy (non-hydrogen) atoms. The lowest BCUT2D eigenvalue weighted by Gasteiger charge is -2.13. The van der Waals surface area contributed by atoms with Crippen molar-refractivity contribution in [3.05, 3.63) is 65.1 Å². The quantitative estimate of drug-likeness (QED) is 0.521. The highest BCUT2D eigenvalue weighted by Gasteiger charge is 2.23. The molecule has 1 amide bonds. The van der Waals surface area contributed by atoms with Crippen LogP contribution in [0.25, 0.3) is 0 Å². The molecule has 1 N–H and O–H groups in total. The Labute approximate surface area is 132 Å². The van der Waals surface area contributed by atoms with Crippen LogP contribution in [0.3, 0.4) is 0 Å². The molecule has 0 radical (unpaired) electrons. The molecule has 1 aromatic heterocycles. The van der Waals surface area contributed by atoms with E-state index in [0.717, 1.165) is 6.20 Å². The summed E-state index contributed by atoms with van der Waals surface area (Å²) in [5.41, 5.74) is 0.729. The van der Waals surface area contributed by atoms with Crippen LogP contribution in [-0.2, 0) is 9.53 Å². The lowest BCUT2D eigenvalue weighted by atomic mass is 10.2. The normalized spacial score (nSPS) is 11.1. The van der Waals surface area contributed by atoms with E-state index in [1.807, 2.05) is 6.07 Å². The van der Waals surface area contributed by atoms with E-state index >= 15 is 0 Å². The number of nitriles is 1.